The summed E-state index contributed by atoms with van der Waals surface area (Å²) in [4.78, 5) is 36.3. The van der Waals surface area contributed by atoms with Crippen LogP contribution in [-0.4, -0.2) is 23.4 Å². The molecule has 2 heterocycles. The van der Waals surface area contributed by atoms with Gasteiger partial charge in [-0.2, -0.15) is 0 Å². The molecule has 10 heteroatoms. The smallest absolute Gasteiger partial charge is 0.340 e. The third-order valence-corrected chi connectivity index (χ3v) is 5.32. The van der Waals surface area contributed by atoms with Crippen LogP contribution in [0.15, 0.2) is 53.2 Å². The third kappa shape index (κ3) is 5.33. The Morgan fingerprint density at radius 2 is 1.93 bits per heavy atom. The molecule has 148 valence electrons. The highest BCUT2D eigenvalue weighted by molar-refractivity contribution is 7.12. The van der Waals surface area contributed by atoms with Gasteiger partial charge in [0.1, 0.15) is 11.5 Å². The molecule has 2 aromatic heterocycles. The second-order valence-electron chi connectivity index (χ2n) is 5.59. The van der Waals surface area contributed by atoms with Gasteiger partial charge in [-0.25, -0.2) is 9.18 Å². The summed E-state index contributed by atoms with van der Waals surface area (Å²) in [6.07, 6.45) is 1.67. The SMILES string of the molecule is O=C(COC(=O)C(=Cc1cccs1)c1cccs1)Nc1ccc(F)cc1[N+](=O)[O-]. The average Bonchev–Trinajstić information content (AvgIpc) is 3.39. The van der Waals surface area contributed by atoms with E-state index in [4.69, 9.17) is 4.74 Å². The number of esters is 1. The molecule has 0 fully saturated rings. The average molecular weight is 432 g/mol. The molecule has 3 aromatic rings. The van der Waals surface area contributed by atoms with Crippen molar-refractivity contribution < 1.29 is 23.6 Å². The maximum atomic E-state index is 13.2. The Balaban J connectivity index is 1.69. The number of benzene rings is 1. The first-order valence-electron chi connectivity index (χ1n) is 8.14. The van der Waals surface area contributed by atoms with Crippen molar-refractivity contribution in [3.8, 4) is 0 Å². The first-order chi connectivity index (χ1) is 13.9. The number of nitrogens with one attached hydrogen (secondary N) is 1. The molecule has 0 unspecified atom stereocenters. The second-order valence-corrected chi connectivity index (χ2v) is 7.52. The molecule has 3 rings (SSSR count). The van der Waals surface area contributed by atoms with Crippen molar-refractivity contribution in [2.75, 3.05) is 11.9 Å². The monoisotopic (exact) mass is 432 g/mol. The first-order valence-corrected chi connectivity index (χ1v) is 9.90. The summed E-state index contributed by atoms with van der Waals surface area (Å²) in [5.41, 5.74) is -0.491. The minimum atomic E-state index is -0.816. The minimum absolute atomic E-state index is 0.190. The first kappa shape index (κ1) is 20.4. The maximum Gasteiger partial charge on any atom is 0.340 e. The highest BCUT2D eigenvalue weighted by atomic mass is 32.1. The number of nitrogens with zero attached hydrogens (tertiary/aromatic N) is 1. The molecule has 7 nitrogen and oxygen atoms in total. The number of halogens is 1. The van der Waals surface area contributed by atoms with Crippen molar-refractivity contribution in [2.24, 2.45) is 0 Å². The number of nitro groups is 1. The number of carbonyl (C=O) groups excluding carboxylic acids is 2. The molecular formula is C19H13FN2O5S2. The normalized spacial score (nSPS) is 11.1. The molecule has 0 aliphatic carbocycles. The summed E-state index contributed by atoms with van der Waals surface area (Å²) in [7, 11) is 0. The fraction of sp³-hybridized carbons (Fsp3) is 0.0526. The standard InChI is InChI=1S/C19H13FN2O5S2/c20-12-5-6-15(16(9-12)22(25)26)21-18(23)11-27-19(24)14(17-4-2-8-29-17)10-13-3-1-7-28-13/h1-10H,11H2,(H,21,23). The lowest BCUT2D eigenvalue weighted by Crippen LogP contribution is -2.21. The van der Waals surface area contributed by atoms with E-state index < -0.39 is 34.9 Å². The number of amides is 1. The zero-order valence-electron chi connectivity index (χ0n) is 14.7. The van der Waals surface area contributed by atoms with Crippen LogP contribution < -0.4 is 5.32 Å². The fourth-order valence-corrected chi connectivity index (χ4v) is 3.72. The van der Waals surface area contributed by atoms with Crippen LogP contribution in [-0.2, 0) is 14.3 Å². The number of rotatable bonds is 7. The van der Waals surface area contributed by atoms with Crippen molar-refractivity contribution in [1.29, 1.82) is 0 Å². The van der Waals surface area contributed by atoms with Gasteiger partial charge in [-0.05, 0) is 41.1 Å². The number of hydrogen-bond donors (Lipinski definition) is 1. The predicted octanol–water partition coefficient (Wildman–Crippen LogP) is 4.58. The van der Waals surface area contributed by atoms with Crippen LogP contribution in [0.3, 0.4) is 0 Å². The van der Waals surface area contributed by atoms with Crippen LogP contribution in [0.1, 0.15) is 9.75 Å². The maximum absolute atomic E-state index is 13.2. The highest BCUT2D eigenvalue weighted by Crippen LogP contribution is 2.27. The van der Waals surface area contributed by atoms with E-state index in [1.807, 2.05) is 22.9 Å². The molecule has 1 aromatic carbocycles. The van der Waals surface area contributed by atoms with Gasteiger partial charge in [-0.1, -0.05) is 12.1 Å². The van der Waals surface area contributed by atoms with E-state index in [1.54, 1.807) is 18.2 Å². The Morgan fingerprint density at radius 3 is 2.59 bits per heavy atom. The molecule has 1 amide bonds. The molecular weight excluding hydrogens is 419 g/mol. The summed E-state index contributed by atoms with van der Waals surface area (Å²) >= 11 is 2.79. The Bertz CT molecular complexity index is 1060. The van der Waals surface area contributed by atoms with Crippen LogP contribution in [0, 0.1) is 15.9 Å². The number of thiophene rings is 2. The Hall–Kier alpha value is -3.37. The molecule has 0 spiro atoms. The van der Waals surface area contributed by atoms with Gasteiger partial charge in [-0.15, -0.1) is 22.7 Å². The van der Waals surface area contributed by atoms with E-state index in [0.29, 0.717) is 16.5 Å². The lowest BCUT2D eigenvalue weighted by atomic mass is 10.2. The zero-order valence-corrected chi connectivity index (χ0v) is 16.3. The van der Waals surface area contributed by atoms with E-state index >= 15 is 0 Å². The quantitative estimate of drug-likeness (QED) is 0.255. The number of ether oxygens (including phenoxy) is 1. The summed E-state index contributed by atoms with van der Waals surface area (Å²) < 4.78 is 18.3. The van der Waals surface area contributed by atoms with Crippen molar-refractivity contribution in [3.05, 3.63) is 78.9 Å². The Morgan fingerprint density at radius 1 is 1.17 bits per heavy atom. The Kier molecular flexibility index (Phi) is 6.47. The fourth-order valence-electron chi connectivity index (χ4n) is 2.33. The van der Waals surface area contributed by atoms with Gasteiger partial charge in [0.25, 0.3) is 11.6 Å². The van der Waals surface area contributed by atoms with Gasteiger partial charge in [0.2, 0.25) is 0 Å². The summed E-state index contributed by atoms with van der Waals surface area (Å²) in [6, 6.07) is 9.97. The summed E-state index contributed by atoms with van der Waals surface area (Å²) in [5, 5.41) is 16.9. The van der Waals surface area contributed by atoms with Crippen LogP contribution in [0.25, 0.3) is 11.6 Å². The molecule has 29 heavy (non-hydrogen) atoms. The van der Waals surface area contributed by atoms with Gasteiger partial charge in [-0.3, -0.25) is 14.9 Å². The second kappa shape index (κ2) is 9.22. The zero-order chi connectivity index (χ0) is 20.8. The van der Waals surface area contributed by atoms with Crippen LogP contribution in [0.5, 0.6) is 0 Å². The molecule has 0 aliphatic heterocycles. The van der Waals surface area contributed by atoms with E-state index in [-0.39, 0.29) is 5.69 Å². The van der Waals surface area contributed by atoms with Crippen LogP contribution in [0.4, 0.5) is 15.8 Å². The van der Waals surface area contributed by atoms with Gasteiger partial charge in [0, 0.05) is 9.75 Å². The molecule has 0 saturated heterocycles. The highest BCUT2D eigenvalue weighted by Gasteiger charge is 2.20. The summed E-state index contributed by atoms with van der Waals surface area (Å²) in [6.45, 7) is -0.652. The van der Waals surface area contributed by atoms with Crippen molar-refractivity contribution >= 4 is 57.6 Å². The molecule has 0 aliphatic rings. The van der Waals surface area contributed by atoms with Crippen LogP contribution >= 0.6 is 22.7 Å². The topological polar surface area (TPSA) is 98.5 Å². The predicted molar refractivity (Wildman–Crippen MR) is 109 cm³/mol. The molecule has 0 atom stereocenters. The van der Waals surface area contributed by atoms with Gasteiger partial charge >= 0.3 is 5.97 Å². The largest absolute Gasteiger partial charge is 0.452 e. The van der Waals surface area contributed by atoms with Gasteiger partial charge in [0.15, 0.2) is 6.61 Å². The number of anilines is 1. The minimum Gasteiger partial charge on any atom is -0.452 e. The molecule has 0 bridgehead atoms. The van der Waals surface area contributed by atoms with E-state index in [1.165, 1.54) is 22.7 Å². The third-order valence-electron chi connectivity index (χ3n) is 3.60. The van der Waals surface area contributed by atoms with Crippen molar-refractivity contribution in [1.82, 2.24) is 0 Å². The Labute approximate surface area is 172 Å². The van der Waals surface area contributed by atoms with Crippen LogP contribution in [0.2, 0.25) is 0 Å². The lowest BCUT2D eigenvalue weighted by molar-refractivity contribution is -0.384. The van der Waals surface area contributed by atoms with Crippen molar-refractivity contribution in [2.45, 2.75) is 0 Å². The number of hydrogen-bond acceptors (Lipinski definition) is 7. The number of carbonyl (C=O) groups is 2. The summed E-state index contributed by atoms with van der Waals surface area (Å²) in [5.74, 6) is -2.29. The van der Waals surface area contributed by atoms with E-state index in [2.05, 4.69) is 5.32 Å². The number of nitro benzene ring substituents is 1. The van der Waals surface area contributed by atoms with Gasteiger partial charge < -0.3 is 10.1 Å². The van der Waals surface area contributed by atoms with E-state index in [9.17, 15) is 24.1 Å². The molecule has 0 saturated carbocycles. The van der Waals surface area contributed by atoms with Crippen molar-refractivity contribution in [3.63, 3.8) is 0 Å². The van der Waals surface area contributed by atoms with E-state index in [0.717, 1.165) is 17.0 Å². The van der Waals surface area contributed by atoms with Gasteiger partial charge in [0.05, 0.1) is 16.6 Å². The molecule has 0 radical (unpaired) electrons. The lowest BCUT2D eigenvalue weighted by Gasteiger charge is -2.08. The molecule has 1 N–H and O–H groups in total.